The van der Waals surface area contributed by atoms with Gasteiger partial charge in [0.25, 0.3) is 0 Å². The normalized spacial score (nSPS) is 17.4. The summed E-state index contributed by atoms with van der Waals surface area (Å²) in [6.45, 7) is 1.81. The Hall–Kier alpha value is -2.17. The first-order valence-corrected chi connectivity index (χ1v) is 7.87. The number of hydrogen-bond acceptors (Lipinski definition) is 5. The highest BCUT2D eigenvalue weighted by Gasteiger charge is 2.36. The summed E-state index contributed by atoms with van der Waals surface area (Å²) in [7, 11) is 2.73. The van der Waals surface area contributed by atoms with Gasteiger partial charge in [-0.2, -0.15) is 5.26 Å². The van der Waals surface area contributed by atoms with E-state index in [2.05, 4.69) is 27.3 Å². The molecule has 126 valence electrons. The Morgan fingerprint density at radius 1 is 1.46 bits per heavy atom. The Morgan fingerprint density at radius 2 is 2.17 bits per heavy atom. The molecule has 1 atom stereocenters. The van der Waals surface area contributed by atoms with Crippen molar-refractivity contribution >= 4 is 21.9 Å². The Bertz CT molecular complexity index is 781. The number of ether oxygens (including phenoxy) is 2. The summed E-state index contributed by atoms with van der Waals surface area (Å²) in [4.78, 5) is 12.3. The molecule has 0 aliphatic carbocycles. The highest BCUT2D eigenvalue weighted by Crippen LogP contribution is 2.39. The fourth-order valence-electron chi connectivity index (χ4n) is 2.70. The predicted molar refractivity (Wildman–Crippen MR) is 89.2 cm³/mol. The average molecular weight is 395 g/mol. The summed E-state index contributed by atoms with van der Waals surface area (Å²) in [5.74, 6) is -2.01. The third-order valence-electron chi connectivity index (χ3n) is 3.73. The first-order valence-electron chi connectivity index (χ1n) is 7.07. The van der Waals surface area contributed by atoms with Gasteiger partial charge in [-0.3, -0.25) is 0 Å². The molecule has 1 aromatic rings. The molecular formula is C17H16BrFN2O3. The number of allylic oxidation sites excluding steroid dienone is 2. The summed E-state index contributed by atoms with van der Waals surface area (Å²) in [5.41, 5.74) is 1.65. The molecule has 0 radical (unpaired) electrons. The summed E-state index contributed by atoms with van der Waals surface area (Å²) in [6.07, 6.45) is 0. The zero-order valence-corrected chi connectivity index (χ0v) is 15.0. The van der Waals surface area contributed by atoms with Crippen LogP contribution < -0.4 is 5.32 Å². The zero-order valence-electron chi connectivity index (χ0n) is 13.4. The highest BCUT2D eigenvalue weighted by atomic mass is 79.9. The number of nitrogens with one attached hydrogen (secondary N) is 1. The van der Waals surface area contributed by atoms with Crippen LogP contribution in [-0.2, 0) is 14.3 Å². The zero-order chi connectivity index (χ0) is 17.9. The topological polar surface area (TPSA) is 71.3 Å². The second-order valence-electron chi connectivity index (χ2n) is 5.19. The SMILES string of the molecule is COCC1=C(C(=O)OC)C(c2ccc(Br)cc2F)C(C#N)=C(C)N1. The predicted octanol–water partition coefficient (Wildman–Crippen LogP) is 3.15. The van der Waals surface area contributed by atoms with E-state index in [1.165, 1.54) is 20.3 Å². The van der Waals surface area contributed by atoms with E-state index in [9.17, 15) is 14.4 Å². The van der Waals surface area contributed by atoms with Crippen molar-refractivity contribution in [2.24, 2.45) is 0 Å². The molecule has 7 heteroatoms. The number of carbonyl (C=O) groups excluding carboxylic acids is 1. The number of nitrogens with zero attached hydrogens (tertiary/aromatic N) is 1. The first kappa shape index (κ1) is 18.2. The lowest BCUT2D eigenvalue weighted by Gasteiger charge is -2.29. The molecular weight excluding hydrogens is 379 g/mol. The molecule has 0 fully saturated rings. The van der Waals surface area contributed by atoms with Gasteiger partial charge in [-0.15, -0.1) is 0 Å². The van der Waals surface area contributed by atoms with Crippen LogP contribution in [0.1, 0.15) is 18.4 Å². The number of carbonyl (C=O) groups is 1. The molecule has 5 nitrogen and oxygen atoms in total. The van der Waals surface area contributed by atoms with E-state index in [0.717, 1.165) is 0 Å². The summed E-state index contributed by atoms with van der Waals surface area (Å²) >= 11 is 3.21. The van der Waals surface area contributed by atoms with Crippen molar-refractivity contribution in [3.8, 4) is 6.07 Å². The van der Waals surface area contributed by atoms with Gasteiger partial charge in [-0.05, 0) is 19.1 Å². The van der Waals surface area contributed by atoms with E-state index in [0.29, 0.717) is 15.9 Å². The molecule has 0 saturated heterocycles. The summed E-state index contributed by atoms with van der Waals surface area (Å²) < 4.78 is 25.1. The lowest BCUT2D eigenvalue weighted by atomic mass is 9.80. The Kier molecular flexibility index (Phi) is 5.75. The molecule has 2 rings (SSSR count). The third-order valence-corrected chi connectivity index (χ3v) is 4.23. The van der Waals surface area contributed by atoms with Gasteiger partial charge in [0.05, 0.1) is 42.5 Å². The first-order chi connectivity index (χ1) is 11.4. The van der Waals surface area contributed by atoms with E-state index in [-0.39, 0.29) is 23.3 Å². The van der Waals surface area contributed by atoms with Gasteiger partial charge in [0.15, 0.2) is 0 Å². The Morgan fingerprint density at radius 3 is 2.71 bits per heavy atom. The van der Waals surface area contributed by atoms with Gasteiger partial charge in [-0.25, -0.2) is 9.18 Å². The minimum Gasteiger partial charge on any atom is -0.466 e. The number of hydrogen-bond donors (Lipinski definition) is 1. The maximum atomic E-state index is 14.5. The van der Waals surface area contributed by atoms with Gasteiger partial charge in [0, 0.05) is 22.8 Å². The second-order valence-corrected chi connectivity index (χ2v) is 6.11. The molecule has 0 spiro atoms. The van der Waals surface area contributed by atoms with Crippen LogP contribution in [0.15, 0.2) is 45.2 Å². The van der Waals surface area contributed by atoms with E-state index in [4.69, 9.17) is 9.47 Å². The monoisotopic (exact) mass is 394 g/mol. The largest absolute Gasteiger partial charge is 0.466 e. The lowest BCUT2D eigenvalue weighted by Crippen LogP contribution is -2.31. The van der Waals surface area contributed by atoms with Crippen LogP contribution in [0.25, 0.3) is 0 Å². The molecule has 0 aromatic heterocycles. The van der Waals surface area contributed by atoms with Crippen LogP contribution in [0.4, 0.5) is 4.39 Å². The van der Waals surface area contributed by atoms with Gasteiger partial charge >= 0.3 is 5.97 Å². The maximum absolute atomic E-state index is 14.5. The van der Waals surface area contributed by atoms with Crippen molar-refractivity contribution in [3.05, 3.63) is 56.6 Å². The molecule has 0 saturated carbocycles. The highest BCUT2D eigenvalue weighted by molar-refractivity contribution is 9.10. The Balaban J connectivity index is 2.73. The molecule has 0 bridgehead atoms. The minimum absolute atomic E-state index is 0.106. The number of rotatable bonds is 4. The molecule has 1 aromatic carbocycles. The van der Waals surface area contributed by atoms with E-state index in [1.54, 1.807) is 19.1 Å². The van der Waals surface area contributed by atoms with Crippen molar-refractivity contribution in [2.75, 3.05) is 20.8 Å². The van der Waals surface area contributed by atoms with Crippen LogP contribution in [0.5, 0.6) is 0 Å². The van der Waals surface area contributed by atoms with E-state index >= 15 is 0 Å². The number of halogens is 2. The summed E-state index contributed by atoms with van der Waals surface area (Å²) in [5, 5.41) is 12.5. The number of esters is 1. The standard InChI is InChI=1S/C17H16BrFN2O3/c1-9-12(7-20)15(11-5-4-10(18)6-13(11)19)16(17(22)24-3)14(21-9)8-23-2/h4-6,15,21H,8H2,1-3H3. The average Bonchev–Trinajstić information content (AvgIpc) is 2.54. The van der Waals surface area contributed by atoms with Crippen molar-refractivity contribution in [3.63, 3.8) is 0 Å². The molecule has 24 heavy (non-hydrogen) atoms. The van der Waals surface area contributed by atoms with Gasteiger partial charge < -0.3 is 14.8 Å². The minimum atomic E-state index is -0.859. The fourth-order valence-corrected chi connectivity index (χ4v) is 3.03. The number of nitriles is 1. The van der Waals surface area contributed by atoms with Crippen LogP contribution >= 0.6 is 15.9 Å². The molecule has 0 amide bonds. The maximum Gasteiger partial charge on any atom is 0.336 e. The molecule has 1 aliphatic rings. The van der Waals surface area contributed by atoms with E-state index < -0.39 is 17.7 Å². The molecule has 1 unspecified atom stereocenters. The van der Waals surface area contributed by atoms with Crippen molar-refractivity contribution < 1.29 is 18.7 Å². The van der Waals surface area contributed by atoms with Gasteiger partial charge in [0.1, 0.15) is 5.82 Å². The lowest BCUT2D eigenvalue weighted by molar-refractivity contribution is -0.136. The van der Waals surface area contributed by atoms with Gasteiger partial charge in [-0.1, -0.05) is 22.0 Å². The fraction of sp³-hybridized carbons (Fsp3) is 0.294. The number of methoxy groups -OCH3 is 2. The molecule has 1 N–H and O–H groups in total. The molecule has 1 heterocycles. The van der Waals surface area contributed by atoms with E-state index in [1.807, 2.05) is 0 Å². The van der Waals surface area contributed by atoms with Gasteiger partial charge in [0.2, 0.25) is 0 Å². The number of benzene rings is 1. The van der Waals surface area contributed by atoms with Crippen molar-refractivity contribution in [2.45, 2.75) is 12.8 Å². The van der Waals surface area contributed by atoms with Crippen molar-refractivity contribution in [1.82, 2.24) is 5.32 Å². The van der Waals surface area contributed by atoms with Crippen LogP contribution in [0.3, 0.4) is 0 Å². The van der Waals surface area contributed by atoms with Crippen molar-refractivity contribution in [1.29, 1.82) is 5.26 Å². The smallest absolute Gasteiger partial charge is 0.336 e. The number of dihydropyridines is 1. The van der Waals surface area contributed by atoms with Crippen LogP contribution in [-0.4, -0.2) is 26.8 Å². The molecule has 1 aliphatic heterocycles. The third kappa shape index (κ3) is 3.35. The second kappa shape index (κ2) is 7.60. The summed E-state index contributed by atoms with van der Waals surface area (Å²) in [6, 6.07) is 6.58. The Labute approximate surface area is 147 Å². The quantitative estimate of drug-likeness (QED) is 0.794. The van der Waals surface area contributed by atoms with Crippen LogP contribution in [0, 0.1) is 17.1 Å². The van der Waals surface area contributed by atoms with Crippen LogP contribution in [0.2, 0.25) is 0 Å².